The van der Waals surface area contributed by atoms with Crippen LogP contribution >= 0.6 is 0 Å². The fourth-order valence-electron chi connectivity index (χ4n) is 2.60. The lowest BCUT2D eigenvalue weighted by Crippen LogP contribution is -2.42. The Morgan fingerprint density at radius 1 is 1.20 bits per heavy atom. The van der Waals surface area contributed by atoms with Gasteiger partial charge < -0.3 is 15.5 Å². The molecule has 1 heterocycles. The summed E-state index contributed by atoms with van der Waals surface area (Å²) < 4.78 is 38.5. The SMILES string of the molecule is CN1CCC(N(C)c2cc(N)cc(C(F)(F)F)c2)CC1. The molecule has 0 amide bonds. The third-order valence-electron chi connectivity index (χ3n) is 3.91. The molecule has 112 valence electrons. The number of rotatable bonds is 2. The van der Waals surface area contributed by atoms with Gasteiger partial charge in [0.05, 0.1) is 5.56 Å². The molecule has 1 aromatic carbocycles. The van der Waals surface area contributed by atoms with Gasteiger partial charge in [-0.1, -0.05) is 0 Å². The molecule has 1 saturated heterocycles. The molecule has 1 aliphatic rings. The number of halogens is 3. The van der Waals surface area contributed by atoms with Crippen molar-refractivity contribution in [2.45, 2.75) is 25.1 Å². The summed E-state index contributed by atoms with van der Waals surface area (Å²) in [6.07, 6.45) is -2.47. The van der Waals surface area contributed by atoms with Gasteiger partial charge in [0.15, 0.2) is 0 Å². The van der Waals surface area contributed by atoms with Gasteiger partial charge in [0.25, 0.3) is 0 Å². The van der Waals surface area contributed by atoms with Crippen molar-refractivity contribution in [3.05, 3.63) is 23.8 Å². The summed E-state index contributed by atoms with van der Waals surface area (Å²) >= 11 is 0. The molecule has 1 aliphatic heterocycles. The van der Waals surface area contributed by atoms with Gasteiger partial charge in [0.1, 0.15) is 0 Å². The van der Waals surface area contributed by atoms with Crippen molar-refractivity contribution < 1.29 is 13.2 Å². The maximum absolute atomic E-state index is 12.8. The van der Waals surface area contributed by atoms with Gasteiger partial charge in [-0.2, -0.15) is 13.2 Å². The fraction of sp³-hybridized carbons (Fsp3) is 0.571. The predicted molar refractivity (Wildman–Crippen MR) is 74.8 cm³/mol. The van der Waals surface area contributed by atoms with E-state index in [2.05, 4.69) is 11.9 Å². The molecule has 6 heteroatoms. The minimum Gasteiger partial charge on any atom is -0.399 e. The zero-order chi connectivity index (χ0) is 14.9. The number of alkyl halides is 3. The Morgan fingerprint density at radius 2 is 1.80 bits per heavy atom. The van der Waals surface area contributed by atoms with Crippen LogP contribution in [-0.4, -0.2) is 38.1 Å². The molecule has 1 fully saturated rings. The van der Waals surface area contributed by atoms with E-state index in [0.717, 1.165) is 32.0 Å². The van der Waals surface area contributed by atoms with Gasteiger partial charge >= 0.3 is 6.18 Å². The number of piperidine rings is 1. The van der Waals surface area contributed by atoms with Crippen molar-refractivity contribution in [3.63, 3.8) is 0 Å². The molecule has 2 N–H and O–H groups in total. The highest BCUT2D eigenvalue weighted by atomic mass is 19.4. The Balaban J connectivity index is 2.21. The second kappa shape index (κ2) is 5.52. The fourth-order valence-corrected chi connectivity index (χ4v) is 2.60. The van der Waals surface area contributed by atoms with Gasteiger partial charge in [-0.3, -0.25) is 0 Å². The highest BCUT2D eigenvalue weighted by molar-refractivity contribution is 5.59. The first-order chi connectivity index (χ1) is 9.27. The number of anilines is 2. The molecule has 0 aliphatic carbocycles. The first-order valence-electron chi connectivity index (χ1n) is 6.66. The topological polar surface area (TPSA) is 32.5 Å². The van der Waals surface area contributed by atoms with E-state index in [1.54, 1.807) is 6.07 Å². The Morgan fingerprint density at radius 3 is 2.35 bits per heavy atom. The van der Waals surface area contributed by atoms with Crippen LogP contribution in [0.4, 0.5) is 24.5 Å². The molecular formula is C14H20F3N3. The Hall–Kier alpha value is -1.43. The van der Waals surface area contributed by atoms with E-state index >= 15 is 0 Å². The Kier molecular flexibility index (Phi) is 4.13. The first-order valence-corrected chi connectivity index (χ1v) is 6.66. The molecule has 0 saturated carbocycles. The minimum absolute atomic E-state index is 0.148. The van der Waals surface area contributed by atoms with Crippen molar-refractivity contribution in [2.24, 2.45) is 0 Å². The van der Waals surface area contributed by atoms with Crippen LogP contribution < -0.4 is 10.6 Å². The zero-order valence-electron chi connectivity index (χ0n) is 11.7. The Bertz CT molecular complexity index is 465. The van der Waals surface area contributed by atoms with Gasteiger partial charge in [0.2, 0.25) is 0 Å². The molecule has 0 unspecified atom stereocenters. The van der Waals surface area contributed by atoms with Gasteiger partial charge in [-0.05, 0) is 51.2 Å². The van der Waals surface area contributed by atoms with Crippen molar-refractivity contribution in [1.82, 2.24) is 4.90 Å². The summed E-state index contributed by atoms with van der Waals surface area (Å²) in [6, 6.07) is 4.02. The minimum atomic E-state index is -4.36. The van der Waals surface area contributed by atoms with Crippen LogP contribution in [-0.2, 0) is 6.18 Å². The van der Waals surface area contributed by atoms with E-state index in [9.17, 15) is 13.2 Å². The van der Waals surface area contributed by atoms with Crippen LogP contribution in [0.15, 0.2) is 18.2 Å². The average molecular weight is 287 g/mol. The largest absolute Gasteiger partial charge is 0.416 e. The maximum Gasteiger partial charge on any atom is 0.416 e. The molecular weight excluding hydrogens is 267 g/mol. The normalized spacial score (nSPS) is 18.2. The number of nitrogens with zero attached hydrogens (tertiary/aromatic N) is 2. The lowest BCUT2D eigenvalue weighted by Gasteiger charge is -2.36. The zero-order valence-corrected chi connectivity index (χ0v) is 11.7. The van der Waals surface area contributed by atoms with Crippen molar-refractivity contribution in [1.29, 1.82) is 0 Å². The van der Waals surface area contributed by atoms with Crippen LogP contribution in [0.1, 0.15) is 18.4 Å². The maximum atomic E-state index is 12.8. The highest BCUT2D eigenvalue weighted by Gasteiger charge is 2.32. The first kappa shape index (κ1) is 15.0. The van der Waals surface area contributed by atoms with E-state index in [0.29, 0.717) is 5.69 Å². The summed E-state index contributed by atoms with van der Waals surface area (Å²) in [5.41, 5.74) is 5.60. The van der Waals surface area contributed by atoms with Crippen LogP contribution in [0.5, 0.6) is 0 Å². The summed E-state index contributed by atoms with van der Waals surface area (Å²) in [5.74, 6) is 0. The van der Waals surface area contributed by atoms with Crippen LogP contribution in [0, 0.1) is 0 Å². The standard InChI is InChI=1S/C14H20F3N3/c1-19-5-3-12(4-6-19)20(2)13-8-10(14(15,16)17)7-11(18)9-13/h7-9,12H,3-6,18H2,1-2H3. The van der Waals surface area contributed by atoms with Crippen LogP contribution in [0.3, 0.4) is 0 Å². The quantitative estimate of drug-likeness (QED) is 0.849. The lowest BCUT2D eigenvalue weighted by molar-refractivity contribution is -0.137. The van der Waals surface area contributed by atoms with Crippen molar-refractivity contribution in [2.75, 3.05) is 37.8 Å². The third kappa shape index (κ3) is 3.36. The number of hydrogen-bond donors (Lipinski definition) is 1. The van der Waals surface area contributed by atoms with E-state index in [1.807, 2.05) is 11.9 Å². The number of likely N-dealkylation sites (tertiary alicyclic amines) is 1. The second-order valence-electron chi connectivity index (χ2n) is 5.46. The molecule has 2 rings (SSSR count). The number of nitrogen functional groups attached to an aromatic ring is 1. The summed E-state index contributed by atoms with van der Waals surface area (Å²) in [7, 11) is 3.89. The van der Waals surface area contributed by atoms with E-state index in [1.165, 1.54) is 6.07 Å². The van der Waals surface area contributed by atoms with Gasteiger partial charge in [-0.25, -0.2) is 0 Å². The second-order valence-corrected chi connectivity index (χ2v) is 5.46. The lowest BCUT2D eigenvalue weighted by atomic mass is 10.0. The van der Waals surface area contributed by atoms with Crippen molar-refractivity contribution in [3.8, 4) is 0 Å². The Labute approximate surface area is 117 Å². The number of benzene rings is 1. The molecule has 0 spiro atoms. The predicted octanol–water partition coefficient (Wildman–Crippen LogP) is 2.82. The molecule has 0 bridgehead atoms. The van der Waals surface area contributed by atoms with E-state index < -0.39 is 11.7 Å². The summed E-state index contributed by atoms with van der Waals surface area (Å²) in [4.78, 5) is 4.14. The van der Waals surface area contributed by atoms with E-state index in [-0.39, 0.29) is 11.7 Å². The molecule has 20 heavy (non-hydrogen) atoms. The van der Waals surface area contributed by atoms with E-state index in [4.69, 9.17) is 5.73 Å². The molecule has 1 aromatic rings. The monoisotopic (exact) mass is 287 g/mol. The van der Waals surface area contributed by atoms with Gasteiger partial charge in [-0.15, -0.1) is 0 Å². The van der Waals surface area contributed by atoms with Crippen molar-refractivity contribution >= 4 is 11.4 Å². The molecule has 0 aromatic heterocycles. The molecule has 3 nitrogen and oxygen atoms in total. The molecule has 0 radical (unpaired) electrons. The highest BCUT2D eigenvalue weighted by Crippen LogP contribution is 2.34. The smallest absolute Gasteiger partial charge is 0.399 e. The van der Waals surface area contributed by atoms with Gasteiger partial charge in [0, 0.05) is 24.5 Å². The van der Waals surface area contributed by atoms with Crippen LogP contribution in [0.25, 0.3) is 0 Å². The average Bonchev–Trinajstić information content (AvgIpc) is 2.37. The number of nitrogens with two attached hydrogens (primary N) is 1. The summed E-state index contributed by atoms with van der Waals surface area (Å²) in [6.45, 7) is 1.92. The van der Waals surface area contributed by atoms with Crippen LogP contribution in [0.2, 0.25) is 0 Å². The molecule has 0 atom stereocenters. The third-order valence-corrected chi connectivity index (χ3v) is 3.91. The number of hydrogen-bond acceptors (Lipinski definition) is 3. The summed E-state index contributed by atoms with van der Waals surface area (Å²) in [5, 5.41) is 0.